The van der Waals surface area contributed by atoms with Crippen LogP contribution in [-0.2, 0) is 18.2 Å². The van der Waals surface area contributed by atoms with Crippen molar-refractivity contribution in [1.29, 1.82) is 0 Å². The molecule has 2 aromatic carbocycles. The molecular weight excluding hydrogens is 573 g/mol. The summed E-state index contributed by atoms with van der Waals surface area (Å²) in [5.74, 6) is -0.988. The molecule has 8 nitrogen and oxygen atoms in total. The van der Waals surface area contributed by atoms with E-state index in [1.807, 2.05) is 53.1 Å². The van der Waals surface area contributed by atoms with Crippen LogP contribution in [0.2, 0.25) is 0 Å². The number of methoxy groups -OCH3 is 1. The first-order valence-electron chi connectivity index (χ1n) is 15.8. The molecule has 9 heteroatoms. The Morgan fingerprint density at radius 1 is 1.20 bits per heavy atom. The summed E-state index contributed by atoms with van der Waals surface area (Å²) in [7, 11) is 3.54. The summed E-state index contributed by atoms with van der Waals surface area (Å²) in [6, 6.07) is 9.98. The quantitative estimate of drug-likeness (QED) is 0.172. The van der Waals surface area contributed by atoms with E-state index in [-0.39, 0.29) is 12.2 Å². The summed E-state index contributed by atoms with van der Waals surface area (Å²) >= 11 is 0. The second-order valence-corrected chi connectivity index (χ2v) is 11.3. The normalized spacial score (nSPS) is 15.6. The minimum Gasteiger partial charge on any atom is -0.489 e. The van der Waals surface area contributed by atoms with Crippen molar-refractivity contribution in [2.24, 2.45) is 7.05 Å². The van der Waals surface area contributed by atoms with Gasteiger partial charge in [0.2, 0.25) is 0 Å². The van der Waals surface area contributed by atoms with Crippen molar-refractivity contribution >= 4 is 16.9 Å². The molecule has 1 aliphatic heterocycles. The number of fused-ring (bicyclic) bond motifs is 1. The van der Waals surface area contributed by atoms with Crippen LogP contribution in [0, 0.1) is 5.82 Å². The average molecular weight is 620 g/mol. The predicted octanol–water partition coefficient (Wildman–Crippen LogP) is 6.74. The summed E-state index contributed by atoms with van der Waals surface area (Å²) < 4.78 is 28.7. The third-order valence-electron chi connectivity index (χ3n) is 8.27. The van der Waals surface area contributed by atoms with Gasteiger partial charge in [0, 0.05) is 62.0 Å². The Labute approximate surface area is 265 Å². The molecule has 1 aromatic heterocycles. The van der Waals surface area contributed by atoms with Crippen molar-refractivity contribution in [2.45, 2.75) is 52.2 Å². The van der Waals surface area contributed by atoms with Crippen LogP contribution in [-0.4, -0.2) is 76.7 Å². The molecule has 1 aliphatic rings. The fraction of sp³-hybridized carbons (Fsp3) is 0.417. The first-order valence-corrected chi connectivity index (χ1v) is 15.8. The summed E-state index contributed by atoms with van der Waals surface area (Å²) in [5.41, 5.74) is 4.06. The number of likely N-dealkylation sites (N-methyl/N-ethyl adjacent to an activating group) is 1. The highest BCUT2D eigenvalue weighted by Gasteiger charge is 2.23. The maximum Gasteiger partial charge on any atom is 0.335 e. The van der Waals surface area contributed by atoms with E-state index in [1.54, 1.807) is 31.4 Å². The van der Waals surface area contributed by atoms with Crippen LogP contribution in [0.4, 0.5) is 4.39 Å². The van der Waals surface area contributed by atoms with Crippen LogP contribution in [0.5, 0.6) is 5.75 Å². The van der Waals surface area contributed by atoms with Gasteiger partial charge in [-0.2, -0.15) is 0 Å². The van der Waals surface area contributed by atoms with Gasteiger partial charge in [0.1, 0.15) is 24.4 Å². The van der Waals surface area contributed by atoms with Crippen LogP contribution >= 0.6 is 0 Å². The number of aliphatic hydroxyl groups is 1. The summed E-state index contributed by atoms with van der Waals surface area (Å²) in [6.45, 7) is 7.50. The van der Waals surface area contributed by atoms with Crippen molar-refractivity contribution < 1.29 is 28.9 Å². The number of rotatable bonds is 16. The number of aromatic nitrogens is 1. The fourth-order valence-corrected chi connectivity index (χ4v) is 5.80. The lowest BCUT2D eigenvalue weighted by Crippen LogP contribution is -2.27. The standard InChI is InChI=1S/C36H46FN3O5/c1-5-7-13-30-29-17-15-26(36(42)43)24-33(29)38(3)35(30)31-18-16-28(25-32(31)37)45-22-10-12-27(40-20-9-14-34(40)41)11-8-19-39(6-2)21-23-44-4/h8,10-12,15-19,24-25,34,41H,5-7,9,13-14,20-23H2,1-4H3,(H,42,43)/b12-10+,19-8+,27-11+. The van der Waals surface area contributed by atoms with E-state index in [1.165, 1.54) is 6.07 Å². The lowest BCUT2D eigenvalue weighted by atomic mass is 9.99. The molecule has 0 aliphatic carbocycles. The maximum atomic E-state index is 15.7. The van der Waals surface area contributed by atoms with Gasteiger partial charge in [-0.05, 0) is 92.9 Å². The number of nitrogens with zero attached hydrogens (tertiary/aromatic N) is 3. The number of aryl methyl sites for hydroxylation is 2. The van der Waals surface area contributed by atoms with Crippen molar-refractivity contribution in [3.8, 4) is 17.0 Å². The Morgan fingerprint density at radius 3 is 2.69 bits per heavy atom. The first-order chi connectivity index (χ1) is 21.8. The van der Waals surface area contributed by atoms with Gasteiger partial charge in [0.25, 0.3) is 0 Å². The van der Waals surface area contributed by atoms with E-state index < -0.39 is 18.0 Å². The number of aromatic carboxylic acids is 1. The number of benzene rings is 2. The average Bonchev–Trinajstić information content (AvgIpc) is 3.58. The maximum absolute atomic E-state index is 15.7. The summed E-state index contributed by atoms with van der Waals surface area (Å²) in [5, 5.41) is 20.9. The zero-order chi connectivity index (χ0) is 32.3. The van der Waals surface area contributed by atoms with Gasteiger partial charge in [-0.15, -0.1) is 0 Å². The lowest BCUT2D eigenvalue weighted by Gasteiger charge is -2.23. The number of halogens is 1. The van der Waals surface area contributed by atoms with Crippen LogP contribution in [0.15, 0.2) is 72.6 Å². The predicted molar refractivity (Wildman–Crippen MR) is 177 cm³/mol. The van der Waals surface area contributed by atoms with Gasteiger partial charge in [-0.25, -0.2) is 9.18 Å². The molecule has 0 bridgehead atoms. The number of aliphatic hydroxyl groups excluding tert-OH is 1. The van der Waals surface area contributed by atoms with Crippen LogP contribution < -0.4 is 4.74 Å². The number of carbonyl (C=O) groups is 1. The van der Waals surface area contributed by atoms with Crippen molar-refractivity contribution in [2.75, 3.05) is 40.0 Å². The van der Waals surface area contributed by atoms with Crippen molar-refractivity contribution in [1.82, 2.24) is 14.4 Å². The van der Waals surface area contributed by atoms with Crippen molar-refractivity contribution in [3.05, 3.63) is 89.5 Å². The lowest BCUT2D eigenvalue weighted by molar-refractivity contribution is 0.0654. The van der Waals surface area contributed by atoms with E-state index in [2.05, 4.69) is 18.7 Å². The molecule has 1 unspecified atom stereocenters. The van der Waals surface area contributed by atoms with Gasteiger partial charge in [0.15, 0.2) is 0 Å². The highest BCUT2D eigenvalue weighted by Crippen LogP contribution is 2.37. The second kappa shape index (κ2) is 16.3. The number of ether oxygens (including phenoxy) is 2. The molecule has 3 aromatic rings. The Bertz CT molecular complexity index is 1540. The van der Waals surface area contributed by atoms with Gasteiger partial charge in [-0.1, -0.05) is 19.4 Å². The summed E-state index contributed by atoms with van der Waals surface area (Å²) in [6.07, 6.45) is 13.6. The minimum absolute atomic E-state index is 0.201. The zero-order valence-corrected chi connectivity index (χ0v) is 26.8. The molecule has 2 N–H and O–H groups in total. The summed E-state index contributed by atoms with van der Waals surface area (Å²) in [4.78, 5) is 15.7. The van der Waals surface area contributed by atoms with E-state index in [0.717, 1.165) is 79.6 Å². The molecule has 4 rings (SSSR count). The Kier molecular flexibility index (Phi) is 12.2. The highest BCUT2D eigenvalue weighted by molar-refractivity contribution is 5.97. The van der Waals surface area contributed by atoms with Gasteiger partial charge in [0.05, 0.1) is 17.9 Å². The highest BCUT2D eigenvalue weighted by atomic mass is 19.1. The third kappa shape index (κ3) is 8.35. The van der Waals surface area contributed by atoms with Crippen molar-refractivity contribution in [3.63, 3.8) is 0 Å². The monoisotopic (exact) mass is 619 g/mol. The molecule has 1 atom stereocenters. The number of allylic oxidation sites excluding steroid dienone is 3. The second-order valence-electron chi connectivity index (χ2n) is 11.3. The molecule has 1 fully saturated rings. The van der Waals surface area contributed by atoms with E-state index in [0.29, 0.717) is 17.9 Å². The van der Waals surface area contributed by atoms with Crippen LogP contribution in [0.1, 0.15) is 55.5 Å². The molecule has 2 heterocycles. The number of carboxylic acid groups (broad SMARTS) is 1. The number of carboxylic acids is 1. The minimum atomic E-state index is -0.992. The number of hydrogen-bond donors (Lipinski definition) is 2. The van der Waals surface area contributed by atoms with E-state index in [9.17, 15) is 15.0 Å². The topological polar surface area (TPSA) is 87.4 Å². The SMILES string of the molecule is CCCCc1c(-c2ccc(OC/C=C/C(=C\C=C\N(CC)CCOC)N3CCCC3O)cc2F)n(C)c2cc(C(=O)O)ccc12. The third-order valence-corrected chi connectivity index (χ3v) is 8.27. The fourth-order valence-electron chi connectivity index (χ4n) is 5.80. The molecule has 0 spiro atoms. The molecule has 1 saturated heterocycles. The smallest absolute Gasteiger partial charge is 0.335 e. The van der Waals surface area contributed by atoms with Crippen LogP contribution in [0.25, 0.3) is 22.2 Å². The number of unbranched alkanes of at least 4 members (excludes halogenated alkanes) is 1. The molecule has 0 radical (unpaired) electrons. The van der Waals surface area contributed by atoms with Gasteiger partial charge >= 0.3 is 5.97 Å². The van der Waals surface area contributed by atoms with E-state index >= 15 is 4.39 Å². The first kappa shape index (κ1) is 33.8. The molecular formula is C36H46FN3O5. The Balaban J connectivity index is 1.52. The number of likely N-dealkylation sites (tertiary alicyclic amines) is 1. The Morgan fingerprint density at radius 2 is 2.02 bits per heavy atom. The molecule has 0 amide bonds. The molecule has 0 saturated carbocycles. The van der Waals surface area contributed by atoms with Gasteiger partial charge < -0.3 is 34.1 Å². The van der Waals surface area contributed by atoms with E-state index in [4.69, 9.17) is 9.47 Å². The van der Waals surface area contributed by atoms with Crippen LogP contribution in [0.3, 0.4) is 0 Å². The zero-order valence-electron chi connectivity index (χ0n) is 26.8. The van der Waals surface area contributed by atoms with Gasteiger partial charge in [-0.3, -0.25) is 0 Å². The Hall–Kier alpha value is -4.08. The number of hydrogen-bond acceptors (Lipinski definition) is 6. The molecule has 242 valence electrons. The largest absolute Gasteiger partial charge is 0.489 e. The molecule has 45 heavy (non-hydrogen) atoms.